The Labute approximate surface area is 139 Å². The van der Waals surface area contributed by atoms with E-state index in [1.807, 2.05) is 0 Å². The quantitative estimate of drug-likeness (QED) is 0.741. The predicted molar refractivity (Wildman–Crippen MR) is 84.5 cm³/mol. The van der Waals surface area contributed by atoms with Gasteiger partial charge >= 0.3 is 0 Å². The number of hydrogen-bond donors (Lipinski definition) is 2. The van der Waals surface area contributed by atoms with E-state index in [2.05, 4.69) is 5.10 Å². The molecule has 3 rings (SSSR count). The fourth-order valence-corrected chi connectivity index (χ4v) is 3.71. The Kier molecular flexibility index (Phi) is 4.71. The number of amides is 1. The summed E-state index contributed by atoms with van der Waals surface area (Å²) >= 11 is 0. The van der Waals surface area contributed by atoms with Crippen molar-refractivity contribution in [3.63, 3.8) is 0 Å². The van der Waals surface area contributed by atoms with Crippen LogP contribution in [0, 0.1) is 5.41 Å². The lowest BCUT2D eigenvalue weighted by Crippen LogP contribution is -2.62. The van der Waals surface area contributed by atoms with Gasteiger partial charge < -0.3 is 19.8 Å². The molecule has 2 atom stereocenters. The summed E-state index contributed by atoms with van der Waals surface area (Å²) in [5, 5.41) is 23.1. The van der Waals surface area contributed by atoms with Crippen LogP contribution in [-0.4, -0.2) is 69.3 Å². The van der Waals surface area contributed by atoms with Crippen LogP contribution in [0.25, 0.3) is 0 Å². The summed E-state index contributed by atoms with van der Waals surface area (Å²) in [4.78, 5) is 25.6. The predicted octanol–water partition coefficient (Wildman–Crippen LogP) is -0.855. The van der Waals surface area contributed by atoms with Crippen LogP contribution < -0.4 is 5.56 Å². The molecule has 1 saturated heterocycles. The number of aromatic nitrogens is 2. The van der Waals surface area contributed by atoms with E-state index in [0.717, 1.165) is 4.68 Å². The second-order valence-corrected chi connectivity index (χ2v) is 6.54. The van der Waals surface area contributed by atoms with Crippen LogP contribution in [0.4, 0.5) is 0 Å². The number of nitrogens with zero attached hydrogens (tertiary/aromatic N) is 3. The summed E-state index contributed by atoms with van der Waals surface area (Å²) in [5.41, 5.74) is -0.330. The first-order valence-corrected chi connectivity index (χ1v) is 8.22. The third kappa shape index (κ3) is 2.85. The molecule has 1 saturated carbocycles. The van der Waals surface area contributed by atoms with E-state index < -0.39 is 6.10 Å². The van der Waals surface area contributed by atoms with Crippen molar-refractivity contribution in [3.8, 4) is 0 Å². The molecule has 2 N–H and O–H groups in total. The summed E-state index contributed by atoms with van der Waals surface area (Å²) in [5.74, 6) is -0.206. The first-order chi connectivity index (χ1) is 11.5. The highest BCUT2D eigenvalue weighted by Gasteiger charge is 2.56. The van der Waals surface area contributed by atoms with E-state index >= 15 is 0 Å². The number of ether oxygens (including phenoxy) is 1. The zero-order chi connectivity index (χ0) is 17.3. The van der Waals surface area contributed by atoms with Crippen molar-refractivity contribution in [2.24, 2.45) is 12.5 Å². The molecule has 0 unspecified atom stereocenters. The number of carbonyl (C=O) groups excluding carboxylic acids is 1. The molecule has 0 aromatic carbocycles. The molecular formula is C16H23N3O5. The molecule has 1 aromatic heterocycles. The molecule has 2 fully saturated rings. The van der Waals surface area contributed by atoms with Gasteiger partial charge in [0.2, 0.25) is 0 Å². The fraction of sp³-hybridized carbons (Fsp3) is 0.688. The van der Waals surface area contributed by atoms with Crippen LogP contribution in [0.15, 0.2) is 16.9 Å². The van der Waals surface area contributed by atoms with Crippen molar-refractivity contribution in [3.05, 3.63) is 28.2 Å². The summed E-state index contributed by atoms with van der Waals surface area (Å²) in [7, 11) is 1.51. The van der Waals surface area contributed by atoms with Gasteiger partial charge in [0.25, 0.3) is 11.5 Å². The highest BCUT2D eigenvalue weighted by molar-refractivity contribution is 5.92. The average molecular weight is 337 g/mol. The smallest absolute Gasteiger partial charge is 0.274 e. The molecule has 24 heavy (non-hydrogen) atoms. The first-order valence-electron chi connectivity index (χ1n) is 8.22. The molecule has 1 amide bonds. The second-order valence-electron chi connectivity index (χ2n) is 6.54. The van der Waals surface area contributed by atoms with Gasteiger partial charge in [-0.15, -0.1) is 0 Å². The third-order valence-corrected chi connectivity index (χ3v) is 5.31. The number of aliphatic hydroxyl groups excluding tert-OH is 2. The first kappa shape index (κ1) is 17.1. The second kappa shape index (κ2) is 6.62. The van der Waals surface area contributed by atoms with Gasteiger partial charge in [-0.25, -0.2) is 4.68 Å². The van der Waals surface area contributed by atoms with E-state index in [0.29, 0.717) is 32.4 Å². The zero-order valence-corrected chi connectivity index (χ0v) is 13.7. The number of aliphatic hydroxyl groups is 2. The number of likely N-dealkylation sites (tertiary alicyclic amines) is 1. The lowest BCUT2D eigenvalue weighted by atomic mass is 9.58. The Morgan fingerprint density at radius 1 is 1.42 bits per heavy atom. The molecule has 2 heterocycles. The summed E-state index contributed by atoms with van der Waals surface area (Å²) < 4.78 is 6.78. The van der Waals surface area contributed by atoms with Crippen LogP contribution in [0.5, 0.6) is 0 Å². The van der Waals surface area contributed by atoms with Gasteiger partial charge in [0, 0.05) is 38.0 Å². The summed E-state index contributed by atoms with van der Waals surface area (Å²) in [6.07, 6.45) is 1.40. The highest BCUT2D eigenvalue weighted by Crippen LogP contribution is 2.51. The summed E-state index contributed by atoms with van der Waals surface area (Å²) in [6.45, 7) is 1.26. The van der Waals surface area contributed by atoms with E-state index in [-0.39, 0.29) is 41.9 Å². The molecule has 1 aliphatic heterocycles. The lowest BCUT2D eigenvalue weighted by molar-refractivity contribution is -0.211. The van der Waals surface area contributed by atoms with Gasteiger partial charge in [-0.1, -0.05) is 0 Å². The van der Waals surface area contributed by atoms with Crippen molar-refractivity contribution < 1.29 is 19.7 Å². The Morgan fingerprint density at radius 2 is 2.12 bits per heavy atom. The van der Waals surface area contributed by atoms with Crippen molar-refractivity contribution in [1.29, 1.82) is 0 Å². The van der Waals surface area contributed by atoms with Crippen molar-refractivity contribution in [2.75, 3.05) is 26.3 Å². The fourth-order valence-electron chi connectivity index (χ4n) is 3.71. The van der Waals surface area contributed by atoms with E-state index in [1.165, 1.54) is 19.2 Å². The molecule has 8 nitrogen and oxygen atoms in total. The standard InChI is InChI=1S/C16H23N3O5/c1-18-14(22)3-2-11(17-18)15(23)19-6-4-16(5-7-19)12(21)10-13(16)24-9-8-20/h2-3,12-13,20-21H,4-10H2,1H3/t12-,13+/m0/s1. The maximum absolute atomic E-state index is 12.5. The molecule has 1 aliphatic carbocycles. The number of hydrogen-bond acceptors (Lipinski definition) is 6. The number of carbonyl (C=O) groups is 1. The van der Waals surface area contributed by atoms with Crippen LogP contribution in [0.1, 0.15) is 29.8 Å². The highest BCUT2D eigenvalue weighted by atomic mass is 16.5. The van der Waals surface area contributed by atoms with Crippen LogP contribution >= 0.6 is 0 Å². The van der Waals surface area contributed by atoms with Gasteiger partial charge in [0.1, 0.15) is 5.69 Å². The third-order valence-electron chi connectivity index (χ3n) is 5.31. The normalized spacial score (nSPS) is 25.5. The molecule has 1 spiro atoms. The maximum atomic E-state index is 12.5. The van der Waals surface area contributed by atoms with Crippen LogP contribution in [0.2, 0.25) is 0 Å². The Morgan fingerprint density at radius 3 is 2.71 bits per heavy atom. The topological polar surface area (TPSA) is 105 Å². The SMILES string of the molecule is Cn1nc(C(=O)N2CCC3(CC2)[C@@H](O)C[C@H]3OCCO)ccc1=O. The van der Waals surface area contributed by atoms with E-state index in [1.54, 1.807) is 4.90 Å². The number of aryl methyl sites for hydroxylation is 1. The van der Waals surface area contributed by atoms with Gasteiger partial charge in [0.05, 0.1) is 25.4 Å². The van der Waals surface area contributed by atoms with Gasteiger partial charge in [-0.05, 0) is 18.9 Å². The van der Waals surface area contributed by atoms with Crippen LogP contribution in [-0.2, 0) is 11.8 Å². The average Bonchev–Trinajstić information content (AvgIpc) is 2.60. The van der Waals surface area contributed by atoms with Gasteiger partial charge in [0.15, 0.2) is 0 Å². The lowest BCUT2D eigenvalue weighted by Gasteiger charge is -2.56. The monoisotopic (exact) mass is 337 g/mol. The van der Waals surface area contributed by atoms with E-state index in [9.17, 15) is 14.7 Å². The van der Waals surface area contributed by atoms with E-state index in [4.69, 9.17) is 9.84 Å². The number of piperidine rings is 1. The molecule has 132 valence electrons. The van der Waals surface area contributed by atoms with Gasteiger partial charge in [-0.3, -0.25) is 9.59 Å². The Bertz CT molecular complexity index is 666. The summed E-state index contributed by atoms with van der Waals surface area (Å²) in [6, 6.07) is 2.78. The minimum atomic E-state index is -0.422. The van der Waals surface area contributed by atoms with Crippen LogP contribution in [0.3, 0.4) is 0 Å². The van der Waals surface area contributed by atoms with Crippen molar-refractivity contribution in [1.82, 2.24) is 14.7 Å². The molecular weight excluding hydrogens is 314 g/mol. The largest absolute Gasteiger partial charge is 0.394 e. The Balaban J connectivity index is 1.65. The van der Waals surface area contributed by atoms with Gasteiger partial charge in [-0.2, -0.15) is 5.10 Å². The van der Waals surface area contributed by atoms with Crippen molar-refractivity contribution >= 4 is 5.91 Å². The Hall–Kier alpha value is -1.77. The molecule has 2 aliphatic rings. The molecule has 0 bridgehead atoms. The molecule has 1 aromatic rings. The molecule has 8 heteroatoms. The minimum absolute atomic E-state index is 0.0360. The van der Waals surface area contributed by atoms with Crippen molar-refractivity contribution in [2.45, 2.75) is 31.5 Å². The minimum Gasteiger partial charge on any atom is -0.394 e. The maximum Gasteiger partial charge on any atom is 0.274 e. The molecule has 0 radical (unpaired) electrons. The zero-order valence-electron chi connectivity index (χ0n) is 13.7. The number of rotatable bonds is 4.